The SMILES string of the molecule is NCCC(=O)OC(=O)CCNC(N)=O. The molecule has 80 valence electrons. The van der Waals surface area contributed by atoms with Crippen molar-refractivity contribution in [1.29, 1.82) is 0 Å². The zero-order chi connectivity index (χ0) is 11.0. The molecule has 0 aliphatic heterocycles. The molecule has 0 atom stereocenters. The molecule has 14 heavy (non-hydrogen) atoms. The standard InChI is InChI=1S/C7H13N3O4/c8-3-1-5(11)14-6(12)2-4-10-7(9)13/h1-4,8H2,(H3,9,10,13). The molecule has 7 heteroatoms. The Bertz CT molecular complexity index is 229. The van der Waals surface area contributed by atoms with Gasteiger partial charge in [0.1, 0.15) is 0 Å². The highest BCUT2D eigenvalue weighted by Gasteiger charge is 2.08. The molecule has 0 radical (unpaired) electrons. The minimum Gasteiger partial charge on any atom is -0.393 e. The number of carbonyl (C=O) groups excluding carboxylic acids is 3. The van der Waals surface area contributed by atoms with Crippen molar-refractivity contribution in [3.05, 3.63) is 0 Å². The van der Waals surface area contributed by atoms with E-state index < -0.39 is 18.0 Å². The van der Waals surface area contributed by atoms with Gasteiger partial charge in [-0.15, -0.1) is 0 Å². The molecule has 0 aliphatic carbocycles. The molecule has 0 aliphatic rings. The normalized spacial score (nSPS) is 9.21. The summed E-state index contributed by atoms with van der Waals surface area (Å²) in [5.74, 6) is -1.38. The minimum atomic E-state index is -0.730. The van der Waals surface area contributed by atoms with Crippen LogP contribution in [0.5, 0.6) is 0 Å². The smallest absolute Gasteiger partial charge is 0.315 e. The van der Waals surface area contributed by atoms with Crippen LogP contribution in [-0.4, -0.2) is 31.1 Å². The molecule has 7 nitrogen and oxygen atoms in total. The average Bonchev–Trinajstić information content (AvgIpc) is 2.03. The molecule has 0 aromatic heterocycles. The Kier molecular flexibility index (Phi) is 6.04. The van der Waals surface area contributed by atoms with Crippen molar-refractivity contribution in [2.75, 3.05) is 13.1 Å². The van der Waals surface area contributed by atoms with Crippen molar-refractivity contribution < 1.29 is 19.1 Å². The fourth-order valence-electron chi connectivity index (χ4n) is 0.635. The molecule has 0 aromatic rings. The van der Waals surface area contributed by atoms with E-state index in [1.54, 1.807) is 0 Å². The number of rotatable bonds is 5. The number of hydrogen-bond donors (Lipinski definition) is 3. The molecule has 5 N–H and O–H groups in total. The van der Waals surface area contributed by atoms with Gasteiger partial charge in [-0.3, -0.25) is 9.59 Å². The Balaban J connectivity index is 3.55. The number of hydrogen-bond acceptors (Lipinski definition) is 5. The summed E-state index contributed by atoms with van der Waals surface area (Å²) in [6.45, 7) is 0.176. The maximum absolute atomic E-state index is 10.8. The maximum Gasteiger partial charge on any atom is 0.315 e. The van der Waals surface area contributed by atoms with Gasteiger partial charge < -0.3 is 21.5 Å². The number of amides is 2. The number of carbonyl (C=O) groups is 3. The van der Waals surface area contributed by atoms with Gasteiger partial charge in [-0.1, -0.05) is 0 Å². The minimum absolute atomic E-state index is 0.00497. The van der Waals surface area contributed by atoms with Gasteiger partial charge in [0.05, 0.1) is 12.8 Å². The Labute approximate surface area is 80.8 Å². The van der Waals surface area contributed by atoms with Crippen LogP contribution in [0.4, 0.5) is 4.79 Å². The molecule has 0 bridgehead atoms. The fraction of sp³-hybridized carbons (Fsp3) is 0.571. The van der Waals surface area contributed by atoms with Crippen LogP contribution in [0.25, 0.3) is 0 Å². The lowest BCUT2D eigenvalue weighted by Crippen LogP contribution is -2.31. The first kappa shape index (κ1) is 12.4. The van der Waals surface area contributed by atoms with E-state index in [1.807, 2.05) is 0 Å². The number of urea groups is 1. The molecule has 0 saturated heterocycles. The van der Waals surface area contributed by atoms with Crippen LogP contribution in [-0.2, 0) is 14.3 Å². The Morgan fingerprint density at radius 1 is 1.14 bits per heavy atom. The maximum atomic E-state index is 10.8. The second-order valence-corrected chi connectivity index (χ2v) is 2.43. The third-order valence-electron chi connectivity index (χ3n) is 1.20. The van der Waals surface area contributed by atoms with Gasteiger partial charge >= 0.3 is 18.0 Å². The van der Waals surface area contributed by atoms with Gasteiger partial charge in [-0.2, -0.15) is 0 Å². The summed E-state index contributed by atoms with van der Waals surface area (Å²) in [5.41, 5.74) is 9.80. The highest BCUT2D eigenvalue weighted by Crippen LogP contribution is 1.89. The molecule has 0 aromatic carbocycles. The van der Waals surface area contributed by atoms with E-state index in [2.05, 4.69) is 10.1 Å². The van der Waals surface area contributed by atoms with Crippen molar-refractivity contribution >= 4 is 18.0 Å². The van der Waals surface area contributed by atoms with Gasteiger partial charge in [0.2, 0.25) is 0 Å². The third kappa shape index (κ3) is 7.04. The van der Waals surface area contributed by atoms with E-state index in [9.17, 15) is 14.4 Å². The summed E-state index contributed by atoms with van der Waals surface area (Å²) in [4.78, 5) is 31.7. The Morgan fingerprint density at radius 2 is 1.71 bits per heavy atom. The largest absolute Gasteiger partial charge is 0.393 e. The summed E-state index contributed by atoms with van der Waals surface area (Å²) in [6, 6.07) is -0.730. The van der Waals surface area contributed by atoms with Crippen molar-refractivity contribution in [3.63, 3.8) is 0 Å². The predicted molar refractivity (Wildman–Crippen MR) is 47.0 cm³/mol. The van der Waals surface area contributed by atoms with Gasteiger partial charge in [-0.25, -0.2) is 4.79 Å². The first-order valence-corrected chi connectivity index (χ1v) is 4.03. The van der Waals surface area contributed by atoms with Crippen molar-refractivity contribution in [2.45, 2.75) is 12.8 Å². The van der Waals surface area contributed by atoms with Crippen LogP contribution in [0.1, 0.15) is 12.8 Å². The lowest BCUT2D eigenvalue weighted by Gasteiger charge is -2.02. The van der Waals surface area contributed by atoms with Crippen LogP contribution < -0.4 is 16.8 Å². The molecule has 2 amide bonds. The van der Waals surface area contributed by atoms with E-state index in [0.717, 1.165) is 0 Å². The summed E-state index contributed by atoms with van der Waals surface area (Å²) in [5, 5.41) is 2.18. The molecule has 0 saturated carbocycles. The van der Waals surface area contributed by atoms with Crippen LogP contribution >= 0.6 is 0 Å². The van der Waals surface area contributed by atoms with Crippen LogP contribution in [0, 0.1) is 0 Å². The van der Waals surface area contributed by atoms with Crippen LogP contribution in [0.15, 0.2) is 0 Å². The van der Waals surface area contributed by atoms with E-state index in [1.165, 1.54) is 0 Å². The second kappa shape index (κ2) is 6.84. The summed E-state index contributed by atoms with van der Waals surface area (Å²) < 4.78 is 4.32. The van der Waals surface area contributed by atoms with Crippen LogP contribution in [0.3, 0.4) is 0 Å². The van der Waals surface area contributed by atoms with E-state index >= 15 is 0 Å². The van der Waals surface area contributed by atoms with Gasteiger partial charge in [0.25, 0.3) is 0 Å². The fourth-order valence-corrected chi connectivity index (χ4v) is 0.635. The van der Waals surface area contributed by atoms with Gasteiger partial charge in [-0.05, 0) is 0 Å². The van der Waals surface area contributed by atoms with Crippen LogP contribution in [0.2, 0.25) is 0 Å². The lowest BCUT2D eigenvalue weighted by molar-refractivity contribution is -0.159. The zero-order valence-corrected chi connectivity index (χ0v) is 7.62. The molecule has 0 fully saturated rings. The number of nitrogens with two attached hydrogens (primary N) is 2. The zero-order valence-electron chi connectivity index (χ0n) is 7.62. The highest BCUT2D eigenvalue weighted by molar-refractivity contribution is 5.85. The van der Waals surface area contributed by atoms with Crippen molar-refractivity contribution in [3.8, 4) is 0 Å². The summed E-state index contributed by atoms with van der Waals surface area (Å²) in [7, 11) is 0. The Hall–Kier alpha value is -1.63. The van der Waals surface area contributed by atoms with E-state index in [0.29, 0.717) is 0 Å². The molecular formula is C7H13N3O4. The lowest BCUT2D eigenvalue weighted by atomic mass is 10.4. The third-order valence-corrected chi connectivity index (χ3v) is 1.20. The molecule has 0 heterocycles. The number of ether oxygens (including phenoxy) is 1. The molecule has 0 rings (SSSR count). The molecule has 0 unspecified atom stereocenters. The predicted octanol–water partition coefficient (Wildman–Crippen LogP) is -1.54. The summed E-state index contributed by atoms with van der Waals surface area (Å²) >= 11 is 0. The Morgan fingerprint density at radius 3 is 2.21 bits per heavy atom. The average molecular weight is 203 g/mol. The van der Waals surface area contributed by atoms with Crippen molar-refractivity contribution in [2.24, 2.45) is 11.5 Å². The van der Waals surface area contributed by atoms with Gasteiger partial charge in [0.15, 0.2) is 0 Å². The topological polar surface area (TPSA) is 125 Å². The monoisotopic (exact) mass is 203 g/mol. The number of nitrogens with one attached hydrogen (secondary N) is 1. The quantitative estimate of drug-likeness (QED) is 0.369. The summed E-state index contributed by atoms with van der Waals surface area (Å²) in [6.07, 6.45) is -0.103. The first-order chi connectivity index (χ1) is 6.56. The second-order valence-electron chi connectivity index (χ2n) is 2.43. The molecular weight excluding hydrogens is 190 g/mol. The molecule has 0 spiro atoms. The number of primary amides is 1. The van der Waals surface area contributed by atoms with Gasteiger partial charge in [0, 0.05) is 13.1 Å². The van der Waals surface area contributed by atoms with E-state index in [-0.39, 0.29) is 25.9 Å². The number of esters is 2. The highest BCUT2D eigenvalue weighted by atomic mass is 16.6. The first-order valence-electron chi connectivity index (χ1n) is 4.03. The van der Waals surface area contributed by atoms with E-state index in [4.69, 9.17) is 11.5 Å². The van der Waals surface area contributed by atoms with Crippen molar-refractivity contribution in [1.82, 2.24) is 5.32 Å².